The summed E-state index contributed by atoms with van der Waals surface area (Å²) in [6, 6.07) is 8.86. The number of aromatic nitrogens is 5. The number of fused-ring (bicyclic) bond motifs is 2. The summed E-state index contributed by atoms with van der Waals surface area (Å²) < 4.78 is 1.72. The first-order chi connectivity index (χ1) is 14.1. The maximum absolute atomic E-state index is 5.58. The van der Waals surface area contributed by atoms with Crippen molar-refractivity contribution in [2.75, 3.05) is 19.8 Å². The maximum atomic E-state index is 5.58. The molecule has 150 valence electrons. The van der Waals surface area contributed by atoms with E-state index in [1.807, 2.05) is 30.5 Å². The van der Waals surface area contributed by atoms with Crippen molar-refractivity contribution in [1.29, 1.82) is 0 Å². The van der Waals surface area contributed by atoms with Gasteiger partial charge < -0.3 is 10.6 Å². The monoisotopic (exact) mass is 389 g/mol. The fourth-order valence-electron chi connectivity index (χ4n) is 3.89. The Hall–Kier alpha value is -3.06. The van der Waals surface area contributed by atoms with Gasteiger partial charge >= 0.3 is 0 Å². The molecule has 1 aromatic carbocycles. The zero-order valence-electron chi connectivity index (χ0n) is 17.0. The quantitative estimate of drug-likeness (QED) is 0.561. The Morgan fingerprint density at radius 2 is 1.72 bits per heavy atom. The second-order valence-electron chi connectivity index (χ2n) is 7.69. The maximum Gasteiger partial charge on any atom is 0.238 e. The zero-order valence-corrected chi connectivity index (χ0v) is 17.0. The van der Waals surface area contributed by atoms with Crippen LogP contribution in [0.3, 0.4) is 0 Å². The summed E-state index contributed by atoms with van der Waals surface area (Å²) >= 11 is 0. The van der Waals surface area contributed by atoms with Crippen LogP contribution >= 0.6 is 0 Å². The normalized spacial score (nSPS) is 14.9. The number of hydrogen-bond donors (Lipinski definition) is 1. The molecular weight excluding hydrogens is 362 g/mol. The lowest BCUT2D eigenvalue weighted by Gasteiger charge is -2.27. The minimum absolute atomic E-state index is 0.254. The van der Waals surface area contributed by atoms with E-state index in [0.29, 0.717) is 0 Å². The molecule has 1 fully saturated rings. The molecule has 0 amide bonds. The average molecular weight is 390 g/mol. The highest BCUT2D eigenvalue weighted by Gasteiger charge is 2.14. The third-order valence-electron chi connectivity index (χ3n) is 5.52. The van der Waals surface area contributed by atoms with Crippen molar-refractivity contribution in [2.24, 2.45) is 0 Å². The third kappa shape index (κ3) is 4.35. The molecule has 0 atom stereocenters. The number of anilines is 1. The summed E-state index contributed by atoms with van der Waals surface area (Å²) in [5.41, 5.74) is 10.3. The predicted octanol–water partition coefficient (Wildman–Crippen LogP) is 3.80. The molecule has 3 aromatic heterocycles. The minimum Gasteiger partial charge on any atom is -0.367 e. The molecule has 1 saturated carbocycles. The van der Waals surface area contributed by atoms with Crippen molar-refractivity contribution in [3.05, 3.63) is 49.1 Å². The smallest absolute Gasteiger partial charge is 0.238 e. The van der Waals surface area contributed by atoms with Crippen LogP contribution in [0.4, 0.5) is 5.95 Å². The molecule has 29 heavy (non-hydrogen) atoms. The highest BCUT2D eigenvalue weighted by Crippen LogP contribution is 2.27. The van der Waals surface area contributed by atoms with E-state index in [0.717, 1.165) is 33.7 Å². The first-order valence-corrected chi connectivity index (χ1v) is 10.1. The van der Waals surface area contributed by atoms with Crippen molar-refractivity contribution in [3.8, 4) is 11.1 Å². The second-order valence-corrected chi connectivity index (χ2v) is 7.69. The molecule has 0 aliphatic heterocycles. The molecule has 7 heteroatoms. The molecule has 3 heterocycles. The lowest BCUT2D eigenvalue weighted by Crippen LogP contribution is -2.29. The largest absolute Gasteiger partial charge is 0.367 e. The van der Waals surface area contributed by atoms with E-state index in [9.17, 15) is 0 Å². The summed E-state index contributed by atoms with van der Waals surface area (Å²) in [5.74, 6) is 0.254. The summed E-state index contributed by atoms with van der Waals surface area (Å²) in [4.78, 5) is 15.0. The molecule has 1 aliphatic rings. The van der Waals surface area contributed by atoms with Crippen LogP contribution in [0.25, 0.3) is 27.7 Å². The standard InChI is InChI=1S/C14H10N6.C8H17N/c15-14-18-8-13-10(3-6-20(13)19-14)9-1-2-11-12(7-9)17-5-4-16-11;1-9(2)8-6-4-3-5-7-8/h1-8H,(H2,15,19);8H,3-7H2,1-2H3. The summed E-state index contributed by atoms with van der Waals surface area (Å²) in [7, 11) is 4.38. The Morgan fingerprint density at radius 1 is 0.966 bits per heavy atom. The molecule has 0 radical (unpaired) electrons. The zero-order chi connectivity index (χ0) is 20.2. The van der Waals surface area contributed by atoms with Crippen LogP contribution in [0.1, 0.15) is 32.1 Å². The molecule has 0 bridgehead atoms. The molecule has 7 nitrogen and oxygen atoms in total. The average Bonchev–Trinajstić information content (AvgIpc) is 3.17. The van der Waals surface area contributed by atoms with Gasteiger partial charge in [0.05, 0.1) is 22.7 Å². The fraction of sp³-hybridized carbons (Fsp3) is 0.364. The van der Waals surface area contributed by atoms with Gasteiger partial charge in [0.15, 0.2) is 0 Å². The van der Waals surface area contributed by atoms with Crippen molar-refractivity contribution in [3.63, 3.8) is 0 Å². The van der Waals surface area contributed by atoms with Gasteiger partial charge in [-0.1, -0.05) is 25.3 Å². The number of hydrogen-bond acceptors (Lipinski definition) is 6. The van der Waals surface area contributed by atoms with Crippen LogP contribution in [0.15, 0.2) is 49.1 Å². The molecule has 4 aromatic rings. The highest BCUT2D eigenvalue weighted by atomic mass is 15.3. The lowest BCUT2D eigenvalue weighted by atomic mass is 9.95. The van der Waals surface area contributed by atoms with Crippen molar-refractivity contribution >= 4 is 22.5 Å². The van der Waals surface area contributed by atoms with Gasteiger partial charge in [-0.3, -0.25) is 9.97 Å². The molecule has 0 saturated heterocycles. The van der Waals surface area contributed by atoms with Gasteiger partial charge in [0.1, 0.15) is 0 Å². The molecule has 0 unspecified atom stereocenters. The number of rotatable bonds is 2. The lowest BCUT2D eigenvalue weighted by molar-refractivity contribution is 0.229. The fourth-order valence-corrected chi connectivity index (χ4v) is 3.89. The predicted molar refractivity (Wildman–Crippen MR) is 116 cm³/mol. The van der Waals surface area contributed by atoms with E-state index < -0.39 is 0 Å². The van der Waals surface area contributed by atoms with Crippen molar-refractivity contribution in [2.45, 2.75) is 38.1 Å². The van der Waals surface area contributed by atoms with Crippen LogP contribution in [0.5, 0.6) is 0 Å². The number of nitrogens with two attached hydrogens (primary N) is 1. The molecule has 5 rings (SSSR count). The Labute approximate surface area is 170 Å². The Morgan fingerprint density at radius 3 is 2.45 bits per heavy atom. The van der Waals surface area contributed by atoms with Gasteiger partial charge in [-0.15, -0.1) is 5.10 Å². The number of nitrogen functional groups attached to an aromatic ring is 1. The summed E-state index contributed by atoms with van der Waals surface area (Å²) in [6.07, 6.45) is 14.2. The van der Waals surface area contributed by atoms with Crippen LogP contribution in [0.2, 0.25) is 0 Å². The highest BCUT2D eigenvalue weighted by molar-refractivity contribution is 5.86. The summed E-state index contributed by atoms with van der Waals surface area (Å²) in [6.45, 7) is 0. The molecule has 0 spiro atoms. The van der Waals surface area contributed by atoms with Crippen LogP contribution in [-0.2, 0) is 0 Å². The van der Waals surface area contributed by atoms with E-state index in [4.69, 9.17) is 5.73 Å². The Kier molecular flexibility index (Phi) is 5.67. The van der Waals surface area contributed by atoms with E-state index in [1.54, 1.807) is 23.1 Å². The van der Waals surface area contributed by atoms with Gasteiger partial charge in [-0.25, -0.2) is 9.50 Å². The minimum atomic E-state index is 0.254. The Balaban J connectivity index is 0.000000192. The van der Waals surface area contributed by atoms with Gasteiger partial charge in [0.2, 0.25) is 5.95 Å². The first kappa shape index (κ1) is 19.3. The van der Waals surface area contributed by atoms with Crippen molar-refractivity contribution in [1.82, 2.24) is 29.5 Å². The summed E-state index contributed by atoms with van der Waals surface area (Å²) in [5, 5.41) is 4.14. The van der Waals surface area contributed by atoms with Gasteiger partial charge in [-0.2, -0.15) is 0 Å². The van der Waals surface area contributed by atoms with Crippen LogP contribution in [0, 0.1) is 0 Å². The number of benzene rings is 1. The number of nitrogens with zero attached hydrogens (tertiary/aromatic N) is 6. The van der Waals surface area contributed by atoms with Crippen LogP contribution < -0.4 is 5.73 Å². The van der Waals surface area contributed by atoms with Gasteiger partial charge in [0.25, 0.3) is 0 Å². The molecule has 2 N–H and O–H groups in total. The van der Waals surface area contributed by atoms with Gasteiger partial charge in [-0.05, 0) is 50.7 Å². The van der Waals surface area contributed by atoms with E-state index in [1.165, 1.54) is 32.1 Å². The van der Waals surface area contributed by atoms with Crippen molar-refractivity contribution < 1.29 is 0 Å². The second kappa shape index (κ2) is 8.53. The molecular formula is C22H27N7. The van der Waals surface area contributed by atoms with E-state index in [2.05, 4.69) is 39.0 Å². The SMILES string of the molecule is CN(C)C1CCCCC1.Nc1ncc2c(-c3ccc4nccnc4c3)ccn2n1. The first-order valence-electron chi connectivity index (χ1n) is 10.1. The molecule has 1 aliphatic carbocycles. The van der Waals surface area contributed by atoms with Gasteiger partial charge in [0, 0.05) is 30.2 Å². The van der Waals surface area contributed by atoms with Crippen LogP contribution in [-0.4, -0.2) is 49.6 Å². The topological polar surface area (TPSA) is 85.2 Å². The third-order valence-corrected chi connectivity index (χ3v) is 5.52. The Bertz CT molecular complexity index is 1100. The van der Waals surface area contributed by atoms with E-state index in [-0.39, 0.29) is 5.95 Å². The van der Waals surface area contributed by atoms with E-state index >= 15 is 0 Å².